The van der Waals surface area contributed by atoms with Gasteiger partial charge in [-0.15, -0.1) is 0 Å². The first-order chi connectivity index (χ1) is 13.4. The molecule has 1 aliphatic heterocycles. The van der Waals surface area contributed by atoms with Crippen LogP contribution in [0.5, 0.6) is 0 Å². The van der Waals surface area contributed by atoms with Gasteiger partial charge in [-0.3, -0.25) is 14.7 Å². The number of hydrogen-bond donors (Lipinski definition) is 2. The van der Waals surface area contributed by atoms with Gasteiger partial charge < -0.3 is 15.5 Å². The van der Waals surface area contributed by atoms with E-state index >= 15 is 0 Å². The van der Waals surface area contributed by atoms with Gasteiger partial charge >= 0.3 is 0 Å². The molecule has 0 bridgehead atoms. The van der Waals surface area contributed by atoms with E-state index in [1.54, 1.807) is 26.0 Å². The first kappa shape index (κ1) is 22.2. The number of carbonyl (C=O) groups excluding carboxylic acids is 1. The smallest absolute Gasteiger partial charge is 0.253 e. The fraction of sp³-hybridized carbons (Fsp3) is 0.636. The van der Waals surface area contributed by atoms with Crippen molar-refractivity contribution in [3.63, 3.8) is 0 Å². The summed E-state index contributed by atoms with van der Waals surface area (Å²) in [5, 5.41) is 6.84. The Morgan fingerprint density at radius 2 is 2.11 bits per heavy atom. The van der Waals surface area contributed by atoms with Crippen LogP contribution in [-0.4, -0.2) is 74.5 Å². The van der Waals surface area contributed by atoms with Crippen LogP contribution >= 0.6 is 0 Å². The second kappa shape index (κ2) is 11.1. The summed E-state index contributed by atoms with van der Waals surface area (Å²) in [5.74, 6) is 0.866. The van der Waals surface area contributed by atoms with Gasteiger partial charge in [0.05, 0.1) is 0 Å². The van der Waals surface area contributed by atoms with E-state index in [4.69, 9.17) is 0 Å². The summed E-state index contributed by atoms with van der Waals surface area (Å²) in [4.78, 5) is 20.6. The van der Waals surface area contributed by atoms with Crippen molar-refractivity contribution in [2.75, 3.05) is 40.8 Å². The molecular weight excluding hydrogens is 350 g/mol. The Bertz CT molecular complexity index is 658. The van der Waals surface area contributed by atoms with Gasteiger partial charge in [-0.1, -0.05) is 18.6 Å². The maximum atomic E-state index is 12.1. The van der Waals surface area contributed by atoms with Crippen molar-refractivity contribution in [1.82, 2.24) is 20.4 Å². The van der Waals surface area contributed by atoms with Crippen LogP contribution in [-0.2, 0) is 6.42 Å². The number of rotatable bonds is 7. The van der Waals surface area contributed by atoms with Crippen LogP contribution in [0, 0.1) is 0 Å². The van der Waals surface area contributed by atoms with Crippen LogP contribution in [0.25, 0.3) is 0 Å². The van der Waals surface area contributed by atoms with Crippen molar-refractivity contribution in [3.05, 3.63) is 35.4 Å². The fourth-order valence-electron chi connectivity index (χ4n) is 3.80. The zero-order valence-corrected chi connectivity index (χ0v) is 18.2. The highest BCUT2D eigenvalue weighted by atomic mass is 16.2. The van der Waals surface area contributed by atoms with Gasteiger partial charge in [0, 0.05) is 51.9 Å². The van der Waals surface area contributed by atoms with Crippen molar-refractivity contribution >= 4 is 11.9 Å². The van der Waals surface area contributed by atoms with E-state index in [1.807, 2.05) is 18.2 Å². The first-order valence-electron chi connectivity index (χ1n) is 10.4. The average Bonchev–Trinajstić information content (AvgIpc) is 2.70. The van der Waals surface area contributed by atoms with Crippen LogP contribution < -0.4 is 10.6 Å². The number of piperidine rings is 1. The third-order valence-corrected chi connectivity index (χ3v) is 5.50. The molecule has 2 rings (SSSR count). The standard InChI is InChI=1S/C22H37N5O/c1-17-9-6-7-14-27(17)18(2)16-25-22(23-3)24-13-12-19-10-8-11-20(15-19)21(28)26(4)5/h8,10-11,15,17-18H,6-7,9,12-14,16H2,1-5H3,(H2,23,24,25). The Labute approximate surface area is 170 Å². The molecule has 1 aromatic carbocycles. The van der Waals surface area contributed by atoms with E-state index in [0.29, 0.717) is 12.1 Å². The lowest BCUT2D eigenvalue weighted by Crippen LogP contribution is -2.50. The summed E-state index contributed by atoms with van der Waals surface area (Å²) < 4.78 is 0. The normalized spacial score (nSPS) is 19.2. The molecule has 2 N–H and O–H groups in total. The van der Waals surface area contributed by atoms with Gasteiger partial charge in [0.2, 0.25) is 0 Å². The average molecular weight is 388 g/mol. The van der Waals surface area contributed by atoms with E-state index in [9.17, 15) is 4.79 Å². The monoisotopic (exact) mass is 387 g/mol. The lowest BCUT2D eigenvalue weighted by molar-refractivity contribution is 0.0827. The molecule has 1 aliphatic rings. The van der Waals surface area contributed by atoms with Gasteiger partial charge in [0.15, 0.2) is 5.96 Å². The predicted octanol–water partition coefficient (Wildman–Crippen LogP) is 2.36. The molecule has 28 heavy (non-hydrogen) atoms. The molecule has 6 heteroatoms. The summed E-state index contributed by atoms with van der Waals surface area (Å²) in [6.45, 7) is 7.47. The maximum Gasteiger partial charge on any atom is 0.253 e. The Morgan fingerprint density at radius 3 is 2.79 bits per heavy atom. The minimum absolute atomic E-state index is 0.0354. The molecule has 1 aromatic rings. The summed E-state index contributed by atoms with van der Waals surface area (Å²) in [6, 6.07) is 8.99. The molecule has 0 saturated carbocycles. The molecule has 1 amide bonds. The summed E-state index contributed by atoms with van der Waals surface area (Å²) >= 11 is 0. The van der Waals surface area contributed by atoms with Crippen molar-refractivity contribution in [2.24, 2.45) is 4.99 Å². The third-order valence-electron chi connectivity index (χ3n) is 5.50. The summed E-state index contributed by atoms with van der Waals surface area (Å²) in [6.07, 6.45) is 4.79. The Balaban J connectivity index is 1.78. The number of amides is 1. The number of guanidine groups is 1. The quantitative estimate of drug-likeness (QED) is 0.557. The molecule has 0 aliphatic carbocycles. The zero-order chi connectivity index (χ0) is 20.5. The second-order valence-corrected chi connectivity index (χ2v) is 7.96. The second-order valence-electron chi connectivity index (χ2n) is 7.96. The molecule has 1 fully saturated rings. The molecule has 1 saturated heterocycles. The lowest BCUT2D eigenvalue weighted by atomic mass is 10.0. The summed E-state index contributed by atoms with van der Waals surface area (Å²) in [7, 11) is 5.36. The highest BCUT2D eigenvalue weighted by Gasteiger charge is 2.22. The van der Waals surface area contributed by atoms with Crippen molar-refractivity contribution < 1.29 is 4.79 Å². The van der Waals surface area contributed by atoms with Crippen LogP contribution in [0.1, 0.15) is 49.0 Å². The number of nitrogens with zero attached hydrogens (tertiary/aromatic N) is 3. The first-order valence-corrected chi connectivity index (χ1v) is 10.4. The van der Waals surface area contributed by atoms with Gasteiger partial charge in [-0.2, -0.15) is 0 Å². The number of hydrogen-bond acceptors (Lipinski definition) is 3. The Kier molecular flexibility index (Phi) is 8.77. The van der Waals surface area contributed by atoms with Crippen LogP contribution in [0.15, 0.2) is 29.3 Å². The molecule has 2 atom stereocenters. The number of carbonyl (C=O) groups is 1. The fourth-order valence-corrected chi connectivity index (χ4v) is 3.80. The molecule has 0 aromatic heterocycles. The number of aliphatic imine (C=N–C) groups is 1. The minimum atomic E-state index is 0.0354. The number of likely N-dealkylation sites (tertiary alicyclic amines) is 1. The van der Waals surface area contributed by atoms with Crippen LogP contribution in [0.3, 0.4) is 0 Å². The Hall–Kier alpha value is -2.08. The zero-order valence-electron chi connectivity index (χ0n) is 18.2. The van der Waals surface area contributed by atoms with E-state index in [0.717, 1.165) is 36.6 Å². The number of nitrogens with one attached hydrogen (secondary N) is 2. The van der Waals surface area contributed by atoms with Gasteiger partial charge in [0.1, 0.15) is 0 Å². The highest BCUT2D eigenvalue weighted by molar-refractivity contribution is 5.94. The van der Waals surface area contributed by atoms with Crippen LogP contribution in [0.4, 0.5) is 0 Å². The molecule has 1 heterocycles. The Morgan fingerprint density at radius 1 is 1.32 bits per heavy atom. The number of benzene rings is 1. The van der Waals surface area contributed by atoms with Crippen molar-refractivity contribution in [2.45, 2.75) is 51.6 Å². The van der Waals surface area contributed by atoms with E-state index in [2.05, 4.69) is 40.4 Å². The van der Waals surface area contributed by atoms with Crippen molar-refractivity contribution in [1.29, 1.82) is 0 Å². The van der Waals surface area contributed by atoms with Gasteiger partial charge in [-0.05, 0) is 57.4 Å². The van der Waals surface area contributed by atoms with E-state index in [1.165, 1.54) is 25.8 Å². The van der Waals surface area contributed by atoms with Crippen LogP contribution in [0.2, 0.25) is 0 Å². The molecule has 156 valence electrons. The van der Waals surface area contributed by atoms with Gasteiger partial charge in [0.25, 0.3) is 5.91 Å². The third kappa shape index (κ3) is 6.51. The lowest BCUT2D eigenvalue weighted by Gasteiger charge is -2.38. The summed E-state index contributed by atoms with van der Waals surface area (Å²) in [5.41, 5.74) is 1.88. The minimum Gasteiger partial charge on any atom is -0.356 e. The maximum absolute atomic E-state index is 12.1. The highest BCUT2D eigenvalue weighted by Crippen LogP contribution is 2.18. The van der Waals surface area contributed by atoms with E-state index in [-0.39, 0.29) is 5.91 Å². The SMILES string of the molecule is CN=C(NCCc1cccc(C(=O)N(C)C)c1)NCC(C)N1CCCCC1C. The largest absolute Gasteiger partial charge is 0.356 e. The molecule has 2 unspecified atom stereocenters. The molecule has 6 nitrogen and oxygen atoms in total. The van der Waals surface area contributed by atoms with Crippen molar-refractivity contribution in [3.8, 4) is 0 Å². The topological polar surface area (TPSA) is 60.0 Å². The predicted molar refractivity (Wildman–Crippen MR) is 117 cm³/mol. The molecular formula is C22H37N5O. The molecule has 0 spiro atoms. The van der Waals surface area contributed by atoms with Gasteiger partial charge in [-0.25, -0.2) is 0 Å². The van der Waals surface area contributed by atoms with E-state index < -0.39 is 0 Å². The molecule has 0 radical (unpaired) electrons.